The van der Waals surface area contributed by atoms with Crippen LogP contribution in [0.25, 0.3) is 0 Å². The molecule has 0 aliphatic carbocycles. The SMILES string of the molecule is O=C(NC(=O)c1ccccc1Cl)NC(=O)c1ccccc1Cl. The molecule has 0 saturated carbocycles. The first kappa shape index (κ1) is 16.0. The van der Waals surface area contributed by atoms with E-state index in [2.05, 4.69) is 0 Å². The van der Waals surface area contributed by atoms with E-state index in [9.17, 15) is 14.4 Å². The van der Waals surface area contributed by atoms with Crippen LogP contribution in [0.2, 0.25) is 10.0 Å². The molecule has 2 N–H and O–H groups in total. The Hall–Kier alpha value is -2.37. The Bertz CT molecular complexity index is 686. The van der Waals surface area contributed by atoms with Crippen molar-refractivity contribution < 1.29 is 14.4 Å². The molecule has 0 fully saturated rings. The minimum absolute atomic E-state index is 0.129. The number of carbonyl (C=O) groups is 3. The Morgan fingerprint density at radius 2 is 1.05 bits per heavy atom. The van der Waals surface area contributed by atoms with Gasteiger partial charge in [0.1, 0.15) is 0 Å². The van der Waals surface area contributed by atoms with E-state index in [0.29, 0.717) is 0 Å². The van der Waals surface area contributed by atoms with E-state index in [1.165, 1.54) is 24.3 Å². The summed E-state index contributed by atoms with van der Waals surface area (Å²) in [6.45, 7) is 0. The van der Waals surface area contributed by atoms with Gasteiger partial charge in [0.2, 0.25) is 0 Å². The van der Waals surface area contributed by atoms with Gasteiger partial charge in [-0.3, -0.25) is 20.2 Å². The number of hydrogen-bond donors (Lipinski definition) is 2. The van der Waals surface area contributed by atoms with Crippen molar-refractivity contribution in [1.82, 2.24) is 10.6 Å². The quantitative estimate of drug-likeness (QED) is 0.883. The van der Waals surface area contributed by atoms with E-state index in [1.54, 1.807) is 24.3 Å². The highest BCUT2D eigenvalue weighted by Crippen LogP contribution is 2.15. The molecule has 4 amide bonds. The Kier molecular flexibility index (Phi) is 5.14. The molecule has 0 unspecified atom stereocenters. The third-order valence-electron chi connectivity index (χ3n) is 2.69. The van der Waals surface area contributed by atoms with E-state index in [0.717, 1.165) is 0 Å². The van der Waals surface area contributed by atoms with Gasteiger partial charge in [0.15, 0.2) is 0 Å². The van der Waals surface area contributed by atoms with Crippen LogP contribution in [-0.4, -0.2) is 17.8 Å². The van der Waals surface area contributed by atoms with Gasteiger partial charge in [-0.2, -0.15) is 0 Å². The van der Waals surface area contributed by atoms with Crippen LogP contribution in [0.4, 0.5) is 4.79 Å². The molecule has 5 nitrogen and oxygen atoms in total. The van der Waals surface area contributed by atoms with Crippen molar-refractivity contribution in [2.24, 2.45) is 0 Å². The number of halogens is 2. The van der Waals surface area contributed by atoms with E-state index in [4.69, 9.17) is 23.2 Å². The number of benzene rings is 2. The fourth-order valence-corrected chi connectivity index (χ4v) is 2.11. The largest absolute Gasteiger partial charge is 0.328 e. The maximum atomic E-state index is 11.9. The zero-order valence-corrected chi connectivity index (χ0v) is 12.6. The highest BCUT2D eigenvalue weighted by Gasteiger charge is 2.17. The molecule has 0 spiro atoms. The molecule has 2 aromatic carbocycles. The first-order valence-electron chi connectivity index (χ1n) is 6.15. The number of imide groups is 2. The smallest absolute Gasteiger partial charge is 0.274 e. The predicted molar refractivity (Wildman–Crippen MR) is 83.2 cm³/mol. The number of amides is 4. The van der Waals surface area contributed by atoms with E-state index < -0.39 is 17.8 Å². The van der Waals surface area contributed by atoms with Gasteiger partial charge in [-0.05, 0) is 24.3 Å². The van der Waals surface area contributed by atoms with Crippen LogP contribution >= 0.6 is 23.2 Å². The first-order valence-corrected chi connectivity index (χ1v) is 6.90. The van der Waals surface area contributed by atoms with Crippen LogP contribution in [0.15, 0.2) is 48.5 Å². The second-order valence-electron chi connectivity index (χ2n) is 4.20. The van der Waals surface area contributed by atoms with Crippen molar-refractivity contribution in [3.05, 3.63) is 69.7 Å². The fourth-order valence-electron chi connectivity index (χ4n) is 1.66. The molecule has 2 rings (SSSR count). The summed E-state index contributed by atoms with van der Waals surface area (Å²) in [5, 5.41) is 4.44. The van der Waals surface area contributed by atoms with Gasteiger partial charge < -0.3 is 0 Å². The highest BCUT2D eigenvalue weighted by molar-refractivity contribution is 6.35. The molecule has 0 bridgehead atoms. The number of carbonyl (C=O) groups excluding carboxylic acids is 3. The standard InChI is InChI=1S/C15H10Cl2N2O3/c16-11-7-3-1-5-9(11)13(20)18-15(22)19-14(21)10-6-2-4-8-12(10)17/h1-8H,(H2,18,19,20,21,22). The maximum absolute atomic E-state index is 11.9. The third kappa shape index (κ3) is 3.84. The molecule has 0 atom stereocenters. The monoisotopic (exact) mass is 336 g/mol. The number of urea groups is 1. The van der Waals surface area contributed by atoms with Crippen molar-refractivity contribution in [2.75, 3.05) is 0 Å². The van der Waals surface area contributed by atoms with Crippen molar-refractivity contribution in [1.29, 1.82) is 0 Å². The zero-order chi connectivity index (χ0) is 16.1. The van der Waals surface area contributed by atoms with Crippen molar-refractivity contribution >= 4 is 41.0 Å². The first-order chi connectivity index (χ1) is 10.5. The summed E-state index contributed by atoms with van der Waals surface area (Å²) in [5.74, 6) is -1.43. The Morgan fingerprint density at radius 1 is 0.682 bits per heavy atom. The second kappa shape index (κ2) is 7.06. The molecular weight excluding hydrogens is 327 g/mol. The average Bonchev–Trinajstić information content (AvgIpc) is 2.47. The predicted octanol–water partition coefficient (Wildman–Crippen LogP) is 3.27. The van der Waals surface area contributed by atoms with Crippen LogP contribution < -0.4 is 10.6 Å². The molecule has 7 heteroatoms. The molecule has 0 saturated heterocycles. The van der Waals surface area contributed by atoms with E-state index in [1.807, 2.05) is 10.6 Å². The lowest BCUT2D eigenvalue weighted by Crippen LogP contribution is -2.42. The van der Waals surface area contributed by atoms with Gasteiger partial charge in [0.25, 0.3) is 11.8 Å². The molecule has 22 heavy (non-hydrogen) atoms. The van der Waals surface area contributed by atoms with Crippen molar-refractivity contribution in [3.63, 3.8) is 0 Å². The minimum Gasteiger partial charge on any atom is -0.274 e. The van der Waals surface area contributed by atoms with E-state index in [-0.39, 0.29) is 21.2 Å². The molecule has 112 valence electrons. The minimum atomic E-state index is -0.963. The third-order valence-corrected chi connectivity index (χ3v) is 3.35. The number of nitrogens with one attached hydrogen (secondary N) is 2. The summed E-state index contributed by atoms with van der Waals surface area (Å²) in [6, 6.07) is 11.5. The fraction of sp³-hybridized carbons (Fsp3) is 0. The summed E-state index contributed by atoms with van der Waals surface area (Å²) in [4.78, 5) is 35.4. The number of hydrogen-bond acceptors (Lipinski definition) is 3. The van der Waals surface area contributed by atoms with Crippen LogP contribution in [0, 0.1) is 0 Å². The summed E-state index contributed by atoms with van der Waals surface area (Å²) in [5.41, 5.74) is 0.258. The van der Waals surface area contributed by atoms with Crippen LogP contribution in [0.1, 0.15) is 20.7 Å². The molecular formula is C15H10Cl2N2O3. The molecule has 0 radical (unpaired) electrons. The van der Waals surface area contributed by atoms with Crippen molar-refractivity contribution in [2.45, 2.75) is 0 Å². The van der Waals surface area contributed by atoms with Gasteiger partial charge in [-0.25, -0.2) is 4.79 Å². The van der Waals surface area contributed by atoms with Crippen LogP contribution in [-0.2, 0) is 0 Å². The van der Waals surface area contributed by atoms with Gasteiger partial charge in [-0.15, -0.1) is 0 Å². The lowest BCUT2D eigenvalue weighted by Gasteiger charge is -2.07. The van der Waals surface area contributed by atoms with Gasteiger partial charge in [-0.1, -0.05) is 47.5 Å². The van der Waals surface area contributed by atoms with Gasteiger partial charge in [0.05, 0.1) is 21.2 Å². The normalized spacial score (nSPS) is 9.91. The maximum Gasteiger partial charge on any atom is 0.328 e. The summed E-state index contributed by atoms with van der Waals surface area (Å²) < 4.78 is 0. The van der Waals surface area contributed by atoms with Gasteiger partial charge >= 0.3 is 6.03 Å². The molecule has 0 aliphatic rings. The number of rotatable bonds is 2. The Morgan fingerprint density at radius 3 is 1.41 bits per heavy atom. The molecule has 2 aromatic rings. The van der Waals surface area contributed by atoms with Crippen LogP contribution in [0.3, 0.4) is 0 Å². The Balaban J connectivity index is 2.02. The van der Waals surface area contributed by atoms with E-state index >= 15 is 0 Å². The zero-order valence-electron chi connectivity index (χ0n) is 11.1. The lowest BCUT2D eigenvalue weighted by atomic mass is 10.2. The Labute approximate surface area is 136 Å². The van der Waals surface area contributed by atoms with Crippen LogP contribution in [0.5, 0.6) is 0 Å². The molecule has 0 heterocycles. The average molecular weight is 337 g/mol. The van der Waals surface area contributed by atoms with Gasteiger partial charge in [0, 0.05) is 0 Å². The lowest BCUT2D eigenvalue weighted by molar-refractivity contribution is 0.0945. The topological polar surface area (TPSA) is 75.3 Å². The summed E-state index contributed by atoms with van der Waals surface area (Å²) in [7, 11) is 0. The van der Waals surface area contributed by atoms with Crippen molar-refractivity contribution in [3.8, 4) is 0 Å². The molecule has 0 aliphatic heterocycles. The second-order valence-corrected chi connectivity index (χ2v) is 5.01. The highest BCUT2D eigenvalue weighted by atomic mass is 35.5. The summed E-state index contributed by atoms with van der Waals surface area (Å²) in [6.07, 6.45) is 0. The molecule has 0 aromatic heterocycles. The summed E-state index contributed by atoms with van der Waals surface area (Å²) >= 11 is 11.7.